The second-order valence-corrected chi connectivity index (χ2v) is 13.2. The SMILES string of the molecule is CCCCCC(C)CCC(C)CCCC[Si]c1ncccc1-c1cnc(OCCCCCCC2CC2)cn1. The van der Waals surface area contributed by atoms with Gasteiger partial charge in [-0.15, -0.1) is 0 Å². The normalized spacial score (nSPS) is 14.9. The predicted molar refractivity (Wildman–Crippen MR) is 162 cm³/mol. The lowest BCUT2D eigenvalue weighted by molar-refractivity contribution is 0.292. The minimum Gasteiger partial charge on any atom is -0.477 e. The van der Waals surface area contributed by atoms with Gasteiger partial charge in [0.05, 0.1) is 24.7 Å². The summed E-state index contributed by atoms with van der Waals surface area (Å²) < 4.78 is 5.84. The molecule has 5 heteroatoms. The van der Waals surface area contributed by atoms with E-state index in [0.717, 1.165) is 56.9 Å². The summed E-state index contributed by atoms with van der Waals surface area (Å²) in [6, 6.07) is 5.34. The van der Waals surface area contributed by atoms with Crippen LogP contribution < -0.4 is 10.1 Å². The molecule has 1 fully saturated rings. The van der Waals surface area contributed by atoms with Gasteiger partial charge < -0.3 is 4.74 Å². The lowest BCUT2D eigenvalue weighted by Crippen LogP contribution is -2.21. The van der Waals surface area contributed by atoms with Crippen molar-refractivity contribution in [1.29, 1.82) is 0 Å². The lowest BCUT2D eigenvalue weighted by atomic mass is 9.91. The van der Waals surface area contributed by atoms with Gasteiger partial charge in [0, 0.05) is 17.1 Å². The van der Waals surface area contributed by atoms with Gasteiger partial charge in [-0.1, -0.05) is 123 Å². The van der Waals surface area contributed by atoms with Gasteiger partial charge in [-0.3, -0.25) is 4.98 Å². The van der Waals surface area contributed by atoms with Crippen LogP contribution in [0.4, 0.5) is 0 Å². The number of unbranched alkanes of at least 4 members (excludes halogenated alkanes) is 6. The van der Waals surface area contributed by atoms with Crippen molar-refractivity contribution < 1.29 is 4.74 Å². The van der Waals surface area contributed by atoms with Gasteiger partial charge in [-0.05, 0) is 36.3 Å². The Morgan fingerprint density at radius 2 is 1.61 bits per heavy atom. The highest BCUT2D eigenvalue weighted by atomic mass is 28.2. The molecular formula is C33H53N3OSi. The van der Waals surface area contributed by atoms with Crippen molar-refractivity contribution in [2.24, 2.45) is 17.8 Å². The van der Waals surface area contributed by atoms with Gasteiger partial charge in [0.25, 0.3) is 0 Å². The first-order valence-electron chi connectivity index (χ1n) is 15.8. The van der Waals surface area contributed by atoms with Crippen molar-refractivity contribution in [1.82, 2.24) is 15.0 Å². The third-order valence-electron chi connectivity index (χ3n) is 8.03. The summed E-state index contributed by atoms with van der Waals surface area (Å²) in [7, 11) is 0.718. The second kappa shape index (κ2) is 18.5. The molecule has 2 heterocycles. The fraction of sp³-hybridized carbons (Fsp3) is 0.727. The number of nitrogens with zero attached hydrogens (tertiary/aromatic N) is 3. The Labute approximate surface area is 236 Å². The summed E-state index contributed by atoms with van der Waals surface area (Å²) in [6.45, 7) is 7.91. The first kappa shape index (κ1) is 30.8. The summed E-state index contributed by atoms with van der Waals surface area (Å²) in [6.07, 6.45) is 27.2. The van der Waals surface area contributed by atoms with Crippen molar-refractivity contribution in [3.8, 4) is 17.1 Å². The van der Waals surface area contributed by atoms with Crippen molar-refractivity contribution in [3.63, 3.8) is 0 Å². The number of hydrogen-bond acceptors (Lipinski definition) is 4. The molecule has 0 bridgehead atoms. The Balaban J connectivity index is 1.30. The van der Waals surface area contributed by atoms with E-state index in [1.807, 2.05) is 18.5 Å². The number of rotatable bonds is 22. The monoisotopic (exact) mass is 535 g/mol. The largest absolute Gasteiger partial charge is 0.477 e. The molecule has 1 aliphatic carbocycles. The van der Waals surface area contributed by atoms with Crippen molar-refractivity contribution in [2.75, 3.05) is 6.61 Å². The van der Waals surface area contributed by atoms with E-state index < -0.39 is 0 Å². The first-order valence-corrected chi connectivity index (χ1v) is 17.0. The Morgan fingerprint density at radius 3 is 2.32 bits per heavy atom. The predicted octanol–water partition coefficient (Wildman–Crippen LogP) is 8.83. The average Bonchev–Trinajstić information content (AvgIpc) is 3.76. The molecule has 2 aromatic rings. The van der Waals surface area contributed by atoms with Crippen LogP contribution in [0.25, 0.3) is 11.3 Å². The van der Waals surface area contributed by atoms with E-state index >= 15 is 0 Å². The Bertz CT molecular complexity index is 871. The van der Waals surface area contributed by atoms with E-state index in [0.29, 0.717) is 5.88 Å². The van der Waals surface area contributed by atoms with Crippen LogP contribution in [0.5, 0.6) is 5.88 Å². The van der Waals surface area contributed by atoms with Crippen LogP contribution in [0, 0.1) is 17.8 Å². The van der Waals surface area contributed by atoms with Gasteiger partial charge >= 0.3 is 0 Å². The molecular weight excluding hydrogens is 482 g/mol. The molecule has 2 radical (unpaired) electrons. The Hall–Kier alpha value is -1.75. The fourth-order valence-electron chi connectivity index (χ4n) is 5.18. The highest BCUT2D eigenvalue weighted by Gasteiger charge is 2.19. The van der Waals surface area contributed by atoms with Gasteiger partial charge in [-0.25, -0.2) is 9.97 Å². The molecule has 2 atom stereocenters. The molecule has 4 nitrogen and oxygen atoms in total. The standard InChI is InChI=1S/C33H53N3OSi/c1-4-5-8-14-27(2)18-19-28(3)15-10-12-24-38-33-30(17-13-22-34-33)31-25-36-32(26-35-31)37-23-11-7-6-9-16-29-20-21-29/h13,17,22,25-29H,4-12,14-16,18-21,23-24H2,1-3H3. The summed E-state index contributed by atoms with van der Waals surface area (Å²) in [5.41, 5.74) is 2.01. The number of ether oxygens (including phenoxy) is 1. The maximum Gasteiger partial charge on any atom is 0.232 e. The van der Waals surface area contributed by atoms with Crippen LogP contribution in [0.15, 0.2) is 30.7 Å². The van der Waals surface area contributed by atoms with Gasteiger partial charge in [-0.2, -0.15) is 0 Å². The number of hydrogen-bond donors (Lipinski definition) is 0. The van der Waals surface area contributed by atoms with Crippen LogP contribution >= 0.6 is 0 Å². The zero-order valence-electron chi connectivity index (χ0n) is 24.6. The topological polar surface area (TPSA) is 47.9 Å². The molecule has 2 aromatic heterocycles. The van der Waals surface area contributed by atoms with Crippen LogP contribution in [0.1, 0.15) is 124 Å². The minimum atomic E-state index is 0.629. The van der Waals surface area contributed by atoms with Crippen LogP contribution in [0.3, 0.4) is 0 Å². The molecule has 0 aliphatic heterocycles. The van der Waals surface area contributed by atoms with Crippen molar-refractivity contribution in [3.05, 3.63) is 30.7 Å². The summed E-state index contributed by atoms with van der Waals surface area (Å²) in [5, 5.41) is 1.16. The third kappa shape index (κ3) is 12.9. The molecule has 38 heavy (non-hydrogen) atoms. The summed E-state index contributed by atoms with van der Waals surface area (Å²) in [4.78, 5) is 13.9. The second-order valence-electron chi connectivity index (χ2n) is 11.8. The van der Waals surface area contributed by atoms with Gasteiger partial charge in [0.2, 0.25) is 5.88 Å². The zero-order valence-corrected chi connectivity index (χ0v) is 25.6. The zero-order chi connectivity index (χ0) is 26.8. The molecule has 0 saturated heterocycles. The Kier molecular flexibility index (Phi) is 15.0. The molecule has 0 amide bonds. The van der Waals surface area contributed by atoms with E-state index in [4.69, 9.17) is 9.72 Å². The molecule has 210 valence electrons. The smallest absolute Gasteiger partial charge is 0.232 e. The van der Waals surface area contributed by atoms with E-state index in [1.54, 1.807) is 6.20 Å². The van der Waals surface area contributed by atoms with Gasteiger partial charge in [0.15, 0.2) is 0 Å². The Morgan fingerprint density at radius 1 is 0.842 bits per heavy atom. The van der Waals surface area contributed by atoms with E-state index in [2.05, 4.69) is 36.8 Å². The maximum atomic E-state index is 5.84. The third-order valence-corrected chi connectivity index (χ3v) is 9.37. The van der Waals surface area contributed by atoms with Crippen LogP contribution in [-0.2, 0) is 0 Å². The summed E-state index contributed by atoms with van der Waals surface area (Å²) >= 11 is 0. The van der Waals surface area contributed by atoms with Crippen LogP contribution in [0.2, 0.25) is 6.04 Å². The molecule has 0 spiro atoms. The average molecular weight is 536 g/mol. The van der Waals surface area contributed by atoms with Crippen molar-refractivity contribution >= 4 is 14.8 Å². The molecule has 1 aliphatic rings. The first-order chi connectivity index (χ1) is 18.7. The van der Waals surface area contributed by atoms with Crippen molar-refractivity contribution in [2.45, 2.75) is 130 Å². The molecule has 3 rings (SSSR count). The van der Waals surface area contributed by atoms with Gasteiger partial charge in [0.1, 0.15) is 9.52 Å². The molecule has 0 N–H and O–H groups in total. The van der Waals surface area contributed by atoms with E-state index in [1.165, 1.54) is 102 Å². The summed E-state index contributed by atoms with van der Waals surface area (Å²) in [5.74, 6) is 3.42. The van der Waals surface area contributed by atoms with E-state index in [-0.39, 0.29) is 0 Å². The van der Waals surface area contributed by atoms with E-state index in [9.17, 15) is 0 Å². The highest BCUT2D eigenvalue weighted by Crippen LogP contribution is 2.34. The molecule has 2 unspecified atom stereocenters. The lowest BCUT2D eigenvalue weighted by Gasteiger charge is -2.15. The highest BCUT2D eigenvalue weighted by molar-refractivity contribution is 6.54. The minimum absolute atomic E-state index is 0.629. The fourth-order valence-corrected chi connectivity index (χ4v) is 6.41. The maximum absolute atomic E-state index is 5.84. The molecule has 1 saturated carbocycles. The quantitative estimate of drug-likeness (QED) is 0.112. The van der Waals surface area contributed by atoms with Crippen LogP contribution in [-0.4, -0.2) is 31.1 Å². The number of aromatic nitrogens is 3. The number of pyridine rings is 1. The molecule has 0 aromatic carbocycles.